The first-order valence-corrected chi connectivity index (χ1v) is 5.88. The molecular weight excluding hydrogens is 210 g/mol. The Morgan fingerprint density at radius 3 is 2.60 bits per heavy atom. The molecule has 0 atom stereocenters. The average molecular weight is 224 g/mol. The van der Waals surface area contributed by atoms with Crippen molar-refractivity contribution in [3.05, 3.63) is 17.5 Å². The normalized spacial score (nSPS) is 23.1. The fraction of sp³-hybridized carbons (Fsp3) is 0.636. The molecule has 1 saturated heterocycles. The highest BCUT2D eigenvalue weighted by Gasteiger charge is 2.43. The summed E-state index contributed by atoms with van der Waals surface area (Å²) in [6.45, 7) is 2.28. The van der Waals surface area contributed by atoms with Gasteiger partial charge in [0.15, 0.2) is 0 Å². The second-order valence-corrected chi connectivity index (χ2v) is 5.11. The van der Waals surface area contributed by atoms with Gasteiger partial charge in [0.1, 0.15) is 11.0 Å². The first-order chi connectivity index (χ1) is 7.27. The zero-order chi connectivity index (χ0) is 10.3. The topological polar surface area (TPSA) is 29.0 Å². The SMILES string of the molecule is Clc1cnc(N2CCC3(CCC3)C2)cn1. The Kier molecular flexibility index (Phi) is 2.09. The minimum atomic E-state index is 0.469. The Hall–Kier alpha value is -0.830. The van der Waals surface area contributed by atoms with Gasteiger partial charge >= 0.3 is 0 Å². The lowest BCUT2D eigenvalue weighted by molar-refractivity contribution is 0.165. The van der Waals surface area contributed by atoms with Crippen molar-refractivity contribution < 1.29 is 0 Å². The minimum Gasteiger partial charge on any atom is -0.355 e. The zero-order valence-corrected chi connectivity index (χ0v) is 9.37. The summed E-state index contributed by atoms with van der Waals surface area (Å²) < 4.78 is 0. The molecule has 2 aliphatic rings. The number of nitrogens with zero attached hydrogens (tertiary/aromatic N) is 3. The number of hydrogen-bond acceptors (Lipinski definition) is 3. The number of halogens is 1. The summed E-state index contributed by atoms with van der Waals surface area (Å²) in [5.74, 6) is 0.975. The molecule has 1 aromatic rings. The third-order valence-electron chi connectivity index (χ3n) is 3.78. The molecule has 80 valence electrons. The average Bonchev–Trinajstić information content (AvgIpc) is 2.63. The summed E-state index contributed by atoms with van der Waals surface area (Å²) >= 11 is 5.72. The zero-order valence-electron chi connectivity index (χ0n) is 8.62. The highest BCUT2D eigenvalue weighted by molar-refractivity contribution is 6.29. The number of hydrogen-bond donors (Lipinski definition) is 0. The molecule has 1 aromatic heterocycles. The van der Waals surface area contributed by atoms with E-state index in [0.717, 1.165) is 18.9 Å². The van der Waals surface area contributed by atoms with Crippen molar-refractivity contribution in [2.24, 2.45) is 5.41 Å². The molecular formula is C11H14ClN3. The van der Waals surface area contributed by atoms with Gasteiger partial charge in [-0.1, -0.05) is 18.0 Å². The molecule has 0 radical (unpaired) electrons. The number of aromatic nitrogens is 2. The maximum Gasteiger partial charge on any atom is 0.147 e. The van der Waals surface area contributed by atoms with Crippen LogP contribution < -0.4 is 4.90 Å². The lowest BCUT2D eigenvalue weighted by Crippen LogP contribution is -2.33. The first kappa shape index (κ1) is 9.40. The summed E-state index contributed by atoms with van der Waals surface area (Å²) in [5, 5.41) is 0.469. The van der Waals surface area contributed by atoms with E-state index < -0.39 is 0 Å². The lowest BCUT2D eigenvalue weighted by Gasteiger charge is -2.38. The van der Waals surface area contributed by atoms with Crippen molar-refractivity contribution in [3.8, 4) is 0 Å². The smallest absolute Gasteiger partial charge is 0.147 e. The van der Waals surface area contributed by atoms with Crippen LogP contribution in [0.4, 0.5) is 5.82 Å². The summed E-state index contributed by atoms with van der Waals surface area (Å²) in [5.41, 5.74) is 0.612. The van der Waals surface area contributed by atoms with E-state index in [2.05, 4.69) is 14.9 Å². The van der Waals surface area contributed by atoms with E-state index in [0.29, 0.717) is 10.6 Å². The van der Waals surface area contributed by atoms with Gasteiger partial charge in [-0.05, 0) is 24.7 Å². The van der Waals surface area contributed by atoms with Crippen LogP contribution in [0.15, 0.2) is 12.4 Å². The maximum absolute atomic E-state index is 5.72. The molecule has 0 bridgehead atoms. The Morgan fingerprint density at radius 2 is 2.07 bits per heavy atom. The van der Waals surface area contributed by atoms with E-state index in [1.165, 1.54) is 25.7 Å². The van der Waals surface area contributed by atoms with Crippen molar-refractivity contribution in [2.45, 2.75) is 25.7 Å². The number of rotatable bonds is 1. The van der Waals surface area contributed by atoms with E-state index in [1.807, 2.05) is 0 Å². The summed E-state index contributed by atoms with van der Waals surface area (Å²) in [6.07, 6.45) is 8.91. The standard InChI is InChI=1S/C11H14ClN3/c12-9-6-14-10(7-13-9)15-5-4-11(8-15)2-1-3-11/h6-7H,1-5,8H2. The third-order valence-corrected chi connectivity index (χ3v) is 3.98. The van der Waals surface area contributed by atoms with E-state index in [4.69, 9.17) is 11.6 Å². The van der Waals surface area contributed by atoms with Crippen LogP contribution in [0, 0.1) is 5.41 Å². The Labute approximate surface area is 94.5 Å². The molecule has 0 aromatic carbocycles. The molecule has 2 heterocycles. The van der Waals surface area contributed by atoms with Gasteiger partial charge in [-0.2, -0.15) is 0 Å². The molecule has 1 aliphatic heterocycles. The molecule has 4 heteroatoms. The molecule has 0 N–H and O–H groups in total. The van der Waals surface area contributed by atoms with Crippen molar-refractivity contribution in [1.29, 1.82) is 0 Å². The van der Waals surface area contributed by atoms with E-state index in [9.17, 15) is 0 Å². The Morgan fingerprint density at radius 1 is 1.20 bits per heavy atom. The maximum atomic E-state index is 5.72. The summed E-state index contributed by atoms with van der Waals surface area (Å²) in [4.78, 5) is 10.7. The molecule has 1 spiro atoms. The fourth-order valence-corrected chi connectivity index (χ4v) is 2.78. The molecule has 15 heavy (non-hydrogen) atoms. The quantitative estimate of drug-likeness (QED) is 0.733. The van der Waals surface area contributed by atoms with Gasteiger partial charge in [-0.15, -0.1) is 0 Å². The Balaban J connectivity index is 1.76. The van der Waals surface area contributed by atoms with Gasteiger partial charge in [0, 0.05) is 13.1 Å². The predicted octanol–water partition coefficient (Wildman–Crippen LogP) is 2.51. The van der Waals surface area contributed by atoms with Gasteiger partial charge in [-0.25, -0.2) is 9.97 Å². The van der Waals surface area contributed by atoms with E-state index >= 15 is 0 Å². The molecule has 0 unspecified atom stereocenters. The molecule has 1 aliphatic carbocycles. The monoisotopic (exact) mass is 223 g/mol. The number of anilines is 1. The summed E-state index contributed by atoms with van der Waals surface area (Å²) in [6, 6.07) is 0. The first-order valence-electron chi connectivity index (χ1n) is 5.50. The van der Waals surface area contributed by atoms with Crippen LogP contribution >= 0.6 is 11.6 Å². The third kappa shape index (κ3) is 1.59. The van der Waals surface area contributed by atoms with Gasteiger partial charge in [0.25, 0.3) is 0 Å². The van der Waals surface area contributed by atoms with Crippen LogP contribution in [0.1, 0.15) is 25.7 Å². The minimum absolute atomic E-state index is 0.469. The van der Waals surface area contributed by atoms with Crippen LogP contribution in [0.5, 0.6) is 0 Å². The highest BCUT2D eigenvalue weighted by atomic mass is 35.5. The molecule has 3 nitrogen and oxygen atoms in total. The second-order valence-electron chi connectivity index (χ2n) is 4.72. The van der Waals surface area contributed by atoms with Gasteiger partial charge in [-0.3, -0.25) is 0 Å². The van der Waals surface area contributed by atoms with Gasteiger partial charge < -0.3 is 4.90 Å². The van der Waals surface area contributed by atoms with E-state index in [1.54, 1.807) is 12.4 Å². The second kappa shape index (κ2) is 3.34. The van der Waals surface area contributed by atoms with E-state index in [-0.39, 0.29) is 0 Å². The molecule has 1 saturated carbocycles. The predicted molar refractivity (Wildman–Crippen MR) is 60.2 cm³/mol. The van der Waals surface area contributed by atoms with Crippen molar-refractivity contribution in [1.82, 2.24) is 9.97 Å². The van der Waals surface area contributed by atoms with Crippen molar-refractivity contribution >= 4 is 17.4 Å². The molecule has 0 amide bonds. The van der Waals surface area contributed by atoms with Gasteiger partial charge in [0.2, 0.25) is 0 Å². The van der Waals surface area contributed by atoms with Crippen LogP contribution in [-0.2, 0) is 0 Å². The fourth-order valence-electron chi connectivity index (χ4n) is 2.68. The van der Waals surface area contributed by atoms with Crippen molar-refractivity contribution in [2.75, 3.05) is 18.0 Å². The highest BCUT2D eigenvalue weighted by Crippen LogP contribution is 2.48. The van der Waals surface area contributed by atoms with Crippen LogP contribution in [0.25, 0.3) is 0 Å². The summed E-state index contributed by atoms with van der Waals surface area (Å²) in [7, 11) is 0. The molecule has 3 rings (SSSR count). The van der Waals surface area contributed by atoms with Crippen molar-refractivity contribution in [3.63, 3.8) is 0 Å². The lowest BCUT2D eigenvalue weighted by atomic mass is 9.68. The van der Waals surface area contributed by atoms with Gasteiger partial charge in [0.05, 0.1) is 12.4 Å². The largest absolute Gasteiger partial charge is 0.355 e. The van der Waals surface area contributed by atoms with Crippen LogP contribution in [0.3, 0.4) is 0 Å². The Bertz CT molecular complexity index is 359. The van der Waals surface area contributed by atoms with Crippen LogP contribution in [0.2, 0.25) is 5.15 Å². The molecule has 2 fully saturated rings. The van der Waals surface area contributed by atoms with Crippen LogP contribution in [-0.4, -0.2) is 23.1 Å².